The first-order valence-electron chi connectivity index (χ1n) is 6.41. The van der Waals surface area contributed by atoms with Crippen LogP contribution in [-0.2, 0) is 5.83 Å². The maximum Gasteiger partial charge on any atom is 0.183 e. The van der Waals surface area contributed by atoms with Crippen molar-refractivity contribution in [2.75, 3.05) is 14.1 Å². The van der Waals surface area contributed by atoms with Gasteiger partial charge in [-0.1, -0.05) is 0 Å². The maximum absolute atomic E-state index is 7.55. The molecule has 0 saturated carbocycles. The highest BCUT2D eigenvalue weighted by atomic mass is 35.5. The molecule has 0 aliphatic rings. The predicted molar refractivity (Wildman–Crippen MR) is 46.9 cm³/mol. The second-order valence-corrected chi connectivity index (χ2v) is 1.95. The van der Waals surface area contributed by atoms with Crippen molar-refractivity contribution < 1.29 is 19.1 Å². The van der Waals surface area contributed by atoms with Gasteiger partial charge in [0.05, 0.1) is 29.6 Å². The Hall–Kier alpha value is -0.960. The van der Waals surface area contributed by atoms with Crippen LogP contribution >= 0.6 is 11.6 Å². The van der Waals surface area contributed by atoms with Crippen LogP contribution in [0, 0.1) is 0 Å². The van der Waals surface area contributed by atoms with E-state index in [1.165, 1.54) is 0 Å². The summed E-state index contributed by atoms with van der Waals surface area (Å²) in [6.07, 6.45) is -0.667. The summed E-state index contributed by atoms with van der Waals surface area (Å²) in [6.45, 7) is 0. The molecule has 0 fully saturated rings. The standard InChI is InChI=1S/C8H10ClNO2/c1-11-7-3-4-10-6(5-9)8(7)12-2/h3-4H,5H2,1-2H3/i1D3,3D,4D,5D2. The molecule has 0 bridgehead atoms. The number of hydrogen-bond donors (Lipinski definition) is 0. The van der Waals surface area contributed by atoms with E-state index in [0.717, 1.165) is 7.11 Å². The maximum atomic E-state index is 7.55. The summed E-state index contributed by atoms with van der Waals surface area (Å²) in [5.74, 6) is -3.51. The topological polar surface area (TPSA) is 31.4 Å². The summed E-state index contributed by atoms with van der Waals surface area (Å²) in [7, 11) is -1.76. The highest BCUT2D eigenvalue weighted by Gasteiger charge is 2.08. The zero-order valence-corrected chi connectivity index (χ0v) is 6.90. The lowest BCUT2D eigenvalue weighted by Crippen LogP contribution is -1.96. The van der Waals surface area contributed by atoms with Gasteiger partial charge in [-0.25, -0.2) is 0 Å². The quantitative estimate of drug-likeness (QED) is 0.689. The lowest BCUT2D eigenvalue weighted by Gasteiger charge is -2.08. The van der Waals surface area contributed by atoms with Gasteiger partial charge in [-0.2, -0.15) is 0 Å². The van der Waals surface area contributed by atoms with Crippen molar-refractivity contribution in [1.82, 2.24) is 4.98 Å². The molecular formula is C8H10ClNO2. The number of hydrogen-bond acceptors (Lipinski definition) is 3. The summed E-state index contributed by atoms with van der Waals surface area (Å²) >= 11 is 5.46. The molecule has 0 spiro atoms. The van der Waals surface area contributed by atoms with Crippen molar-refractivity contribution in [3.8, 4) is 11.5 Å². The van der Waals surface area contributed by atoms with E-state index in [4.69, 9.17) is 25.9 Å². The molecule has 0 saturated heterocycles. The third-order valence-corrected chi connectivity index (χ3v) is 1.33. The fourth-order valence-electron chi connectivity index (χ4n) is 0.675. The van der Waals surface area contributed by atoms with Crippen molar-refractivity contribution >= 4 is 11.6 Å². The number of nitrogens with zero attached hydrogens (tertiary/aromatic N) is 1. The molecule has 0 N–H and O–H groups in total. The molecule has 4 heteroatoms. The van der Waals surface area contributed by atoms with Crippen molar-refractivity contribution in [1.29, 1.82) is 0 Å². The van der Waals surface area contributed by atoms with E-state index in [9.17, 15) is 0 Å². The Balaban J connectivity index is 3.55. The Labute approximate surface area is 86.1 Å². The third-order valence-electron chi connectivity index (χ3n) is 1.15. The Kier molecular flexibility index (Phi) is 1.19. The van der Waals surface area contributed by atoms with E-state index in [1.807, 2.05) is 0 Å². The van der Waals surface area contributed by atoms with Crippen LogP contribution < -0.4 is 9.47 Å². The molecule has 0 aliphatic heterocycles. The summed E-state index contributed by atoms with van der Waals surface area (Å²) in [6, 6.07) is -0.627. The van der Waals surface area contributed by atoms with Crippen LogP contribution in [0.5, 0.6) is 11.5 Å². The van der Waals surface area contributed by atoms with Gasteiger partial charge in [0.25, 0.3) is 0 Å². The average molecular weight is 195 g/mol. The highest BCUT2D eigenvalue weighted by molar-refractivity contribution is 6.17. The monoisotopic (exact) mass is 194 g/mol. The minimum Gasteiger partial charge on any atom is -0.493 e. The number of rotatable bonds is 3. The fourth-order valence-corrected chi connectivity index (χ4v) is 0.803. The van der Waals surface area contributed by atoms with Gasteiger partial charge in [0.2, 0.25) is 0 Å². The Morgan fingerprint density at radius 1 is 1.83 bits per heavy atom. The minimum absolute atomic E-state index is 0.419. The van der Waals surface area contributed by atoms with Crippen molar-refractivity contribution in [2.24, 2.45) is 0 Å². The molecular weight excluding hydrogens is 178 g/mol. The minimum atomic E-state index is -2.88. The summed E-state index contributed by atoms with van der Waals surface area (Å²) < 4.78 is 60.1. The zero-order valence-electron chi connectivity index (χ0n) is 13.1. The van der Waals surface area contributed by atoms with Gasteiger partial charge in [0, 0.05) is 12.2 Å². The summed E-state index contributed by atoms with van der Waals surface area (Å²) in [5.41, 5.74) is -0.517. The molecule has 0 unspecified atom stereocenters. The predicted octanol–water partition coefficient (Wildman–Crippen LogP) is 1.84. The number of halogens is 1. The lowest BCUT2D eigenvalue weighted by atomic mass is 10.3. The Morgan fingerprint density at radius 3 is 3.25 bits per heavy atom. The van der Waals surface area contributed by atoms with Gasteiger partial charge in [-0.05, 0) is 0 Å². The Morgan fingerprint density at radius 2 is 2.67 bits per heavy atom. The van der Waals surface area contributed by atoms with Crippen LogP contribution in [0.1, 0.15) is 15.3 Å². The largest absolute Gasteiger partial charge is 0.493 e. The van der Waals surface area contributed by atoms with Gasteiger partial charge >= 0.3 is 0 Å². The van der Waals surface area contributed by atoms with E-state index < -0.39 is 42.3 Å². The van der Waals surface area contributed by atoms with E-state index in [-0.39, 0.29) is 0 Å². The van der Waals surface area contributed by atoms with E-state index in [1.54, 1.807) is 0 Å². The van der Waals surface area contributed by atoms with Crippen LogP contribution in [0.25, 0.3) is 0 Å². The molecule has 1 aromatic rings. The molecule has 66 valence electrons. The normalized spacial score (nSPS) is 20.3. The van der Waals surface area contributed by atoms with Crippen LogP contribution in [0.4, 0.5) is 0 Å². The number of methoxy groups -OCH3 is 2. The molecule has 1 rings (SSSR count). The van der Waals surface area contributed by atoms with Crippen molar-refractivity contribution in [3.63, 3.8) is 0 Å². The number of ether oxygens (including phenoxy) is 2. The van der Waals surface area contributed by atoms with Gasteiger partial charge in [-0.3, -0.25) is 4.98 Å². The molecule has 0 amide bonds. The van der Waals surface area contributed by atoms with Crippen LogP contribution in [0.3, 0.4) is 0 Å². The van der Waals surface area contributed by atoms with Gasteiger partial charge in [0.1, 0.15) is 5.69 Å². The van der Waals surface area contributed by atoms with Crippen molar-refractivity contribution in [3.05, 3.63) is 17.9 Å². The SMILES string of the molecule is [2H]c1nc(C([2H])([2H])Cl)c(OC)c(OC([2H])([2H])[2H])c1[2H]. The zero-order chi connectivity index (χ0) is 15.0. The van der Waals surface area contributed by atoms with E-state index >= 15 is 0 Å². The fraction of sp³-hybridized carbons (Fsp3) is 0.375. The molecule has 12 heavy (non-hydrogen) atoms. The first-order chi connectivity index (χ1) is 8.47. The summed E-state index contributed by atoms with van der Waals surface area (Å²) in [5, 5.41) is 0. The highest BCUT2D eigenvalue weighted by Crippen LogP contribution is 2.29. The van der Waals surface area contributed by atoms with Crippen LogP contribution in [-0.4, -0.2) is 19.1 Å². The first kappa shape index (κ1) is 3.42. The van der Waals surface area contributed by atoms with Crippen LogP contribution in [0.2, 0.25) is 0 Å². The van der Waals surface area contributed by atoms with E-state index in [0.29, 0.717) is 0 Å². The molecule has 0 aromatic carbocycles. The van der Waals surface area contributed by atoms with Gasteiger partial charge in [0.15, 0.2) is 11.5 Å². The number of pyridine rings is 1. The van der Waals surface area contributed by atoms with Gasteiger partial charge < -0.3 is 9.47 Å². The van der Waals surface area contributed by atoms with Gasteiger partial charge in [-0.15, -0.1) is 11.6 Å². The Bertz CT molecular complexity index is 485. The molecule has 0 aliphatic carbocycles. The lowest BCUT2D eigenvalue weighted by molar-refractivity contribution is 0.350. The smallest absolute Gasteiger partial charge is 0.183 e. The van der Waals surface area contributed by atoms with E-state index in [2.05, 4.69) is 9.72 Å². The average Bonchev–Trinajstić information content (AvgIpc) is 2.21. The second kappa shape index (κ2) is 4.16. The molecule has 1 heterocycles. The third kappa shape index (κ3) is 1.61. The van der Waals surface area contributed by atoms with Crippen molar-refractivity contribution in [2.45, 2.75) is 5.83 Å². The molecule has 1 aromatic heterocycles. The first-order valence-corrected chi connectivity index (χ1v) is 3.28. The van der Waals surface area contributed by atoms with Crippen LogP contribution in [0.15, 0.2) is 12.2 Å². The second-order valence-electron chi connectivity index (χ2n) is 1.76. The molecule has 0 atom stereocenters. The number of alkyl halides is 1. The molecule has 3 nitrogen and oxygen atoms in total. The number of aromatic nitrogens is 1. The summed E-state index contributed by atoms with van der Waals surface area (Å²) in [4.78, 5) is 3.49. The molecule has 0 radical (unpaired) electrons.